The van der Waals surface area contributed by atoms with Crippen molar-refractivity contribution in [3.8, 4) is 16.8 Å². The molecule has 0 saturated heterocycles. The van der Waals surface area contributed by atoms with Crippen LogP contribution >= 0.6 is 0 Å². The molecule has 1 heterocycles. The molecule has 0 unspecified atom stereocenters. The van der Waals surface area contributed by atoms with Crippen LogP contribution in [0.4, 0.5) is 5.69 Å². The summed E-state index contributed by atoms with van der Waals surface area (Å²) in [4.78, 5) is 12.1. The van der Waals surface area contributed by atoms with Crippen molar-refractivity contribution in [3.63, 3.8) is 0 Å². The number of hydrogen-bond donors (Lipinski definition) is 0. The third-order valence-corrected chi connectivity index (χ3v) is 6.10. The maximum absolute atomic E-state index is 12.4. The van der Waals surface area contributed by atoms with Crippen molar-refractivity contribution < 1.29 is 4.92 Å². The second-order valence-electron chi connectivity index (χ2n) is 7.87. The Kier molecular flexibility index (Phi) is 4.05. The molecule has 4 heteroatoms. The molecule has 0 saturated carbocycles. The van der Waals surface area contributed by atoms with E-state index in [9.17, 15) is 10.1 Å². The zero-order valence-corrected chi connectivity index (χ0v) is 17.1. The van der Waals surface area contributed by atoms with Crippen LogP contribution in [0.2, 0.25) is 0 Å². The predicted octanol–water partition coefficient (Wildman–Crippen LogP) is 7.51. The lowest BCUT2D eigenvalue weighted by atomic mass is 9.91. The molecule has 6 rings (SSSR count). The lowest BCUT2D eigenvalue weighted by Crippen LogP contribution is -1.96. The highest BCUT2D eigenvalue weighted by molar-refractivity contribution is 6.19. The van der Waals surface area contributed by atoms with Gasteiger partial charge in [0.05, 0.1) is 21.4 Å². The number of rotatable bonds is 3. The van der Waals surface area contributed by atoms with Gasteiger partial charge < -0.3 is 4.57 Å². The van der Waals surface area contributed by atoms with E-state index in [1.807, 2.05) is 85.1 Å². The van der Waals surface area contributed by atoms with Crippen molar-refractivity contribution >= 4 is 38.1 Å². The Morgan fingerprint density at radius 3 is 2.00 bits per heavy atom. The summed E-state index contributed by atoms with van der Waals surface area (Å²) in [7, 11) is 0. The van der Waals surface area contributed by atoms with Gasteiger partial charge in [0.1, 0.15) is 0 Å². The SMILES string of the molecule is O=[N+]([O-])c1c(-c2ccc3ccn(-c4ccccc4)c3c2)c2ccccc2c2ccccc12. The number of aromatic nitrogens is 1. The van der Waals surface area contributed by atoms with E-state index in [1.54, 1.807) is 0 Å². The van der Waals surface area contributed by atoms with E-state index >= 15 is 0 Å². The summed E-state index contributed by atoms with van der Waals surface area (Å²) in [6.07, 6.45) is 2.04. The summed E-state index contributed by atoms with van der Waals surface area (Å²) in [5, 5.41) is 16.9. The largest absolute Gasteiger partial charge is 0.317 e. The molecule has 1 aromatic heterocycles. The molecule has 0 N–H and O–H groups in total. The minimum Gasteiger partial charge on any atom is -0.317 e. The first-order valence-corrected chi connectivity index (χ1v) is 10.5. The number of hydrogen-bond acceptors (Lipinski definition) is 2. The van der Waals surface area contributed by atoms with Crippen molar-refractivity contribution in [1.82, 2.24) is 4.57 Å². The lowest BCUT2D eigenvalue weighted by Gasteiger charge is -2.13. The molecule has 0 radical (unpaired) electrons. The second kappa shape index (κ2) is 7.06. The first-order chi connectivity index (χ1) is 15.7. The highest BCUT2D eigenvalue weighted by Crippen LogP contribution is 2.44. The second-order valence-corrected chi connectivity index (χ2v) is 7.87. The standard InChI is InChI=1S/C28H18N2O2/c31-30(32)28-25-13-7-5-11-23(25)22-10-4-6-12-24(22)27(28)20-15-14-19-16-17-29(26(19)18-20)21-8-2-1-3-9-21/h1-18H. The van der Waals surface area contributed by atoms with Gasteiger partial charge in [-0.1, -0.05) is 72.8 Å². The number of para-hydroxylation sites is 1. The normalized spacial score (nSPS) is 11.4. The minimum atomic E-state index is -0.245. The van der Waals surface area contributed by atoms with Gasteiger partial charge in [-0.25, -0.2) is 0 Å². The van der Waals surface area contributed by atoms with Crippen LogP contribution in [0.3, 0.4) is 0 Å². The van der Waals surface area contributed by atoms with Gasteiger partial charge in [0, 0.05) is 11.9 Å². The summed E-state index contributed by atoms with van der Waals surface area (Å²) in [5.74, 6) is 0. The predicted molar refractivity (Wildman–Crippen MR) is 130 cm³/mol. The highest BCUT2D eigenvalue weighted by atomic mass is 16.6. The van der Waals surface area contributed by atoms with Crippen molar-refractivity contribution in [2.24, 2.45) is 0 Å². The molecule has 0 aliphatic rings. The molecular formula is C28H18N2O2. The third kappa shape index (κ3) is 2.70. The monoisotopic (exact) mass is 414 g/mol. The molecule has 0 aliphatic carbocycles. The van der Waals surface area contributed by atoms with Gasteiger partial charge in [0.2, 0.25) is 0 Å². The highest BCUT2D eigenvalue weighted by Gasteiger charge is 2.24. The average molecular weight is 414 g/mol. The van der Waals surface area contributed by atoms with E-state index in [1.165, 1.54) is 0 Å². The maximum atomic E-state index is 12.4. The number of benzene rings is 5. The van der Waals surface area contributed by atoms with Crippen molar-refractivity contribution in [1.29, 1.82) is 0 Å². The summed E-state index contributed by atoms with van der Waals surface area (Å²) < 4.78 is 2.12. The average Bonchev–Trinajstić information content (AvgIpc) is 3.27. The van der Waals surface area contributed by atoms with Crippen LogP contribution in [-0.2, 0) is 0 Å². The van der Waals surface area contributed by atoms with Crippen LogP contribution in [0.25, 0.3) is 49.3 Å². The fraction of sp³-hybridized carbons (Fsp3) is 0. The molecule has 6 aromatic rings. The third-order valence-electron chi connectivity index (χ3n) is 6.10. The molecule has 32 heavy (non-hydrogen) atoms. The fourth-order valence-electron chi connectivity index (χ4n) is 4.70. The van der Waals surface area contributed by atoms with E-state index in [0.717, 1.165) is 38.3 Å². The zero-order valence-electron chi connectivity index (χ0n) is 17.1. The molecular weight excluding hydrogens is 396 g/mol. The molecule has 0 atom stereocenters. The molecule has 4 nitrogen and oxygen atoms in total. The molecule has 0 spiro atoms. The molecule has 0 amide bonds. The van der Waals surface area contributed by atoms with E-state index in [-0.39, 0.29) is 10.6 Å². The summed E-state index contributed by atoms with van der Waals surface area (Å²) >= 11 is 0. The Morgan fingerprint density at radius 2 is 1.28 bits per heavy atom. The van der Waals surface area contributed by atoms with Crippen molar-refractivity contribution in [2.45, 2.75) is 0 Å². The quantitative estimate of drug-likeness (QED) is 0.171. The number of nitro benzene ring substituents is 1. The van der Waals surface area contributed by atoms with Gasteiger partial charge in [-0.05, 0) is 57.4 Å². The van der Waals surface area contributed by atoms with E-state index in [2.05, 4.69) is 28.8 Å². The first kappa shape index (κ1) is 18.3. The smallest absolute Gasteiger partial charge is 0.285 e. The van der Waals surface area contributed by atoms with Gasteiger partial charge in [-0.3, -0.25) is 10.1 Å². The topological polar surface area (TPSA) is 48.1 Å². The molecule has 152 valence electrons. The Bertz CT molecular complexity index is 1650. The van der Waals surface area contributed by atoms with Gasteiger partial charge in [0.25, 0.3) is 5.69 Å². The summed E-state index contributed by atoms with van der Waals surface area (Å²) in [6.45, 7) is 0. The lowest BCUT2D eigenvalue weighted by molar-refractivity contribution is -0.382. The van der Waals surface area contributed by atoms with E-state index in [0.29, 0.717) is 10.9 Å². The summed E-state index contributed by atoms with van der Waals surface area (Å²) in [5.41, 5.74) is 3.71. The number of nitrogens with zero attached hydrogens (tertiary/aromatic N) is 2. The Morgan fingerprint density at radius 1 is 0.656 bits per heavy atom. The Labute approximate surface area is 184 Å². The molecule has 0 fully saturated rings. The van der Waals surface area contributed by atoms with Crippen LogP contribution in [0.5, 0.6) is 0 Å². The first-order valence-electron chi connectivity index (χ1n) is 10.5. The van der Waals surface area contributed by atoms with Gasteiger partial charge >= 0.3 is 0 Å². The number of fused-ring (bicyclic) bond motifs is 4. The Balaban J connectivity index is 1.73. The fourth-order valence-corrected chi connectivity index (χ4v) is 4.70. The molecule has 0 aliphatic heterocycles. The minimum absolute atomic E-state index is 0.150. The van der Waals surface area contributed by atoms with E-state index in [4.69, 9.17) is 0 Å². The van der Waals surface area contributed by atoms with Crippen molar-refractivity contribution in [3.05, 3.63) is 119 Å². The zero-order chi connectivity index (χ0) is 21.7. The van der Waals surface area contributed by atoms with Crippen molar-refractivity contribution in [2.75, 3.05) is 0 Å². The van der Waals surface area contributed by atoms with Gasteiger partial charge in [-0.2, -0.15) is 0 Å². The maximum Gasteiger partial charge on any atom is 0.285 e. The van der Waals surface area contributed by atoms with Crippen LogP contribution in [0, 0.1) is 10.1 Å². The van der Waals surface area contributed by atoms with Gasteiger partial charge in [0.15, 0.2) is 0 Å². The molecule has 0 bridgehead atoms. The van der Waals surface area contributed by atoms with Crippen LogP contribution in [0.1, 0.15) is 0 Å². The Hall–Kier alpha value is -4.44. The number of nitro groups is 1. The van der Waals surface area contributed by atoms with Crippen LogP contribution in [0.15, 0.2) is 109 Å². The van der Waals surface area contributed by atoms with E-state index < -0.39 is 0 Å². The molecule has 5 aromatic carbocycles. The van der Waals surface area contributed by atoms with Crippen LogP contribution < -0.4 is 0 Å². The summed E-state index contributed by atoms with van der Waals surface area (Å²) in [6, 6.07) is 33.8. The van der Waals surface area contributed by atoms with Crippen LogP contribution in [-0.4, -0.2) is 9.49 Å². The van der Waals surface area contributed by atoms with Gasteiger partial charge in [-0.15, -0.1) is 0 Å².